The number of benzene rings is 2. The molecule has 0 amide bonds. The molecular formula is C17H18N2O. The van der Waals surface area contributed by atoms with E-state index in [-0.39, 0.29) is 5.78 Å². The summed E-state index contributed by atoms with van der Waals surface area (Å²) in [4.78, 5) is 14.5. The van der Waals surface area contributed by atoms with Crippen molar-refractivity contribution in [3.63, 3.8) is 0 Å². The number of nitrogen functional groups attached to an aromatic ring is 1. The second kappa shape index (κ2) is 5.37. The summed E-state index contributed by atoms with van der Waals surface area (Å²) >= 11 is 0. The molecule has 0 unspecified atom stereocenters. The Morgan fingerprint density at radius 2 is 1.85 bits per heavy atom. The molecule has 1 aliphatic rings. The standard InChI is InChI=1S/C17H18N2O/c18-15-7-3-2-6-14(15)17(20)10-12-19-11-9-13-5-1-4-8-16(13)19/h1-8H,9-12,18H2. The lowest BCUT2D eigenvalue weighted by Gasteiger charge is -2.19. The molecule has 2 N–H and O–H groups in total. The molecule has 1 aliphatic heterocycles. The fraction of sp³-hybridized carbons (Fsp3) is 0.235. The average molecular weight is 266 g/mol. The molecule has 0 bridgehead atoms. The van der Waals surface area contributed by atoms with E-state index in [4.69, 9.17) is 5.73 Å². The van der Waals surface area contributed by atoms with Crippen molar-refractivity contribution in [3.05, 3.63) is 59.7 Å². The minimum Gasteiger partial charge on any atom is -0.398 e. The van der Waals surface area contributed by atoms with Gasteiger partial charge in [0.2, 0.25) is 0 Å². The molecule has 0 saturated carbocycles. The quantitative estimate of drug-likeness (QED) is 0.683. The van der Waals surface area contributed by atoms with E-state index in [1.165, 1.54) is 11.3 Å². The lowest BCUT2D eigenvalue weighted by molar-refractivity contribution is 0.0985. The summed E-state index contributed by atoms with van der Waals surface area (Å²) in [7, 11) is 0. The normalized spacial score (nSPS) is 13.3. The molecule has 0 saturated heterocycles. The number of nitrogens with zero attached hydrogens (tertiary/aromatic N) is 1. The maximum absolute atomic E-state index is 12.2. The zero-order valence-corrected chi connectivity index (χ0v) is 11.4. The predicted octanol–water partition coefficient (Wildman–Crippen LogP) is 2.90. The number of nitrogens with two attached hydrogens (primary N) is 1. The Morgan fingerprint density at radius 3 is 2.70 bits per heavy atom. The zero-order chi connectivity index (χ0) is 13.9. The number of Topliss-reactive ketones (excluding diaryl/α,β-unsaturated/α-hetero) is 1. The van der Waals surface area contributed by atoms with Crippen LogP contribution in [0, 0.1) is 0 Å². The summed E-state index contributed by atoms with van der Waals surface area (Å²) in [5.41, 5.74) is 9.69. The summed E-state index contributed by atoms with van der Waals surface area (Å²) in [6, 6.07) is 15.7. The maximum atomic E-state index is 12.2. The van der Waals surface area contributed by atoms with E-state index in [1.54, 1.807) is 12.1 Å². The Kier molecular flexibility index (Phi) is 3.42. The van der Waals surface area contributed by atoms with Crippen LogP contribution in [0.5, 0.6) is 0 Å². The monoisotopic (exact) mass is 266 g/mol. The van der Waals surface area contributed by atoms with Gasteiger partial charge in [0.25, 0.3) is 0 Å². The van der Waals surface area contributed by atoms with Crippen molar-refractivity contribution in [3.8, 4) is 0 Å². The Balaban J connectivity index is 1.67. The molecule has 20 heavy (non-hydrogen) atoms. The van der Waals surface area contributed by atoms with Crippen molar-refractivity contribution in [2.45, 2.75) is 12.8 Å². The third-order valence-electron chi connectivity index (χ3n) is 3.85. The van der Waals surface area contributed by atoms with Gasteiger partial charge in [0.15, 0.2) is 5.78 Å². The Morgan fingerprint density at radius 1 is 1.10 bits per heavy atom. The first kappa shape index (κ1) is 12.7. The maximum Gasteiger partial charge on any atom is 0.166 e. The second-order valence-corrected chi connectivity index (χ2v) is 5.13. The highest BCUT2D eigenvalue weighted by Gasteiger charge is 2.19. The predicted molar refractivity (Wildman–Crippen MR) is 82.2 cm³/mol. The van der Waals surface area contributed by atoms with Crippen LogP contribution in [0.25, 0.3) is 0 Å². The summed E-state index contributed by atoms with van der Waals surface area (Å²) in [6.07, 6.45) is 1.57. The minimum atomic E-state index is 0.118. The first-order valence-electron chi connectivity index (χ1n) is 6.96. The van der Waals surface area contributed by atoms with Crippen molar-refractivity contribution in [1.82, 2.24) is 0 Å². The molecule has 0 atom stereocenters. The van der Waals surface area contributed by atoms with Crippen molar-refractivity contribution in [2.24, 2.45) is 0 Å². The molecule has 3 rings (SSSR count). The van der Waals surface area contributed by atoms with Crippen LogP contribution in [0.3, 0.4) is 0 Å². The number of carbonyl (C=O) groups excluding carboxylic acids is 1. The van der Waals surface area contributed by atoms with Gasteiger partial charge in [-0.05, 0) is 30.2 Å². The highest BCUT2D eigenvalue weighted by atomic mass is 16.1. The van der Waals surface area contributed by atoms with Gasteiger partial charge in [-0.2, -0.15) is 0 Å². The van der Waals surface area contributed by atoms with Gasteiger partial charge in [-0.15, -0.1) is 0 Å². The fourth-order valence-corrected chi connectivity index (χ4v) is 2.76. The van der Waals surface area contributed by atoms with Crippen LogP contribution in [0.2, 0.25) is 0 Å². The minimum absolute atomic E-state index is 0.118. The molecular weight excluding hydrogens is 248 g/mol. The summed E-state index contributed by atoms with van der Waals surface area (Å²) in [5, 5.41) is 0. The van der Waals surface area contributed by atoms with Crippen molar-refractivity contribution >= 4 is 17.2 Å². The molecule has 3 heteroatoms. The molecule has 1 heterocycles. The van der Waals surface area contributed by atoms with Crippen molar-refractivity contribution in [2.75, 3.05) is 23.7 Å². The first-order chi connectivity index (χ1) is 9.75. The van der Waals surface area contributed by atoms with Crippen LogP contribution in [-0.2, 0) is 6.42 Å². The lowest BCUT2D eigenvalue weighted by Crippen LogP contribution is -2.24. The highest BCUT2D eigenvalue weighted by molar-refractivity contribution is 6.00. The van der Waals surface area contributed by atoms with Gasteiger partial charge in [0.05, 0.1) is 0 Å². The Hall–Kier alpha value is -2.29. The van der Waals surface area contributed by atoms with Crippen LogP contribution in [0.1, 0.15) is 22.3 Å². The largest absolute Gasteiger partial charge is 0.398 e. The van der Waals surface area contributed by atoms with Gasteiger partial charge in [-0.1, -0.05) is 30.3 Å². The van der Waals surface area contributed by atoms with E-state index in [2.05, 4.69) is 23.1 Å². The number of anilines is 2. The van der Waals surface area contributed by atoms with Crippen LogP contribution < -0.4 is 10.6 Å². The lowest BCUT2D eigenvalue weighted by atomic mass is 10.1. The molecule has 0 aliphatic carbocycles. The van der Waals surface area contributed by atoms with E-state index in [9.17, 15) is 4.79 Å². The molecule has 0 radical (unpaired) electrons. The van der Waals surface area contributed by atoms with Gasteiger partial charge in [-0.3, -0.25) is 4.79 Å². The molecule has 3 nitrogen and oxygen atoms in total. The third kappa shape index (κ3) is 2.39. The number of para-hydroxylation sites is 2. The van der Waals surface area contributed by atoms with E-state index in [0.29, 0.717) is 17.7 Å². The Bertz CT molecular complexity index is 636. The van der Waals surface area contributed by atoms with Gasteiger partial charge in [0, 0.05) is 36.4 Å². The molecule has 0 aromatic heterocycles. The summed E-state index contributed by atoms with van der Waals surface area (Å²) in [5.74, 6) is 0.118. The van der Waals surface area contributed by atoms with E-state index in [1.807, 2.05) is 18.2 Å². The van der Waals surface area contributed by atoms with Gasteiger partial charge >= 0.3 is 0 Å². The Labute approximate surface area is 119 Å². The van der Waals surface area contributed by atoms with E-state index < -0.39 is 0 Å². The number of fused-ring (bicyclic) bond motifs is 1. The molecule has 2 aromatic rings. The van der Waals surface area contributed by atoms with Gasteiger partial charge < -0.3 is 10.6 Å². The molecule has 102 valence electrons. The first-order valence-corrected chi connectivity index (χ1v) is 6.96. The number of hydrogen-bond donors (Lipinski definition) is 1. The van der Waals surface area contributed by atoms with Gasteiger partial charge in [-0.25, -0.2) is 0 Å². The molecule has 0 fully saturated rings. The van der Waals surface area contributed by atoms with Crippen LogP contribution in [-0.4, -0.2) is 18.9 Å². The smallest absolute Gasteiger partial charge is 0.166 e. The number of rotatable bonds is 4. The van der Waals surface area contributed by atoms with Crippen LogP contribution in [0.15, 0.2) is 48.5 Å². The second-order valence-electron chi connectivity index (χ2n) is 5.13. The number of carbonyl (C=O) groups is 1. The van der Waals surface area contributed by atoms with E-state index >= 15 is 0 Å². The molecule has 0 spiro atoms. The zero-order valence-electron chi connectivity index (χ0n) is 11.4. The fourth-order valence-electron chi connectivity index (χ4n) is 2.76. The van der Waals surface area contributed by atoms with E-state index in [0.717, 1.165) is 19.5 Å². The highest BCUT2D eigenvalue weighted by Crippen LogP contribution is 2.27. The third-order valence-corrected chi connectivity index (χ3v) is 3.85. The number of ketones is 1. The SMILES string of the molecule is Nc1ccccc1C(=O)CCN1CCc2ccccc21. The molecule has 2 aromatic carbocycles. The van der Waals surface area contributed by atoms with Crippen molar-refractivity contribution < 1.29 is 4.79 Å². The van der Waals surface area contributed by atoms with Crippen molar-refractivity contribution in [1.29, 1.82) is 0 Å². The average Bonchev–Trinajstić information content (AvgIpc) is 2.88. The van der Waals surface area contributed by atoms with Crippen LogP contribution in [0.4, 0.5) is 11.4 Å². The summed E-state index contributed by atoms with van der Waals surface area (Å²) in [6.45, 7) is 1.75. The van der Waals surface area contributed by atoms with Crippen LogP contribution >= 0.6 is 0 Å². The topological polar surface area (TPSA) is 46.3 Å². The number of hydrogen-bond acceptors (Lipinski definition) is 3. The summed E-state index contributed by atoms with van der Waals surface area (Å²) < 4.78 is 0. The van der Waals surface area contributed by atoms with Gasteiger partial charge in [0.1, 0.15) is 0 Å².